The second-order valence-electron chi connectivity index (χ2n) is 0. The van der Waals surface area contributed by atoms with Crippen LogP contribution in [0.5, 0.6) is 0 Å². The molecule has 4 heteroatoms. The Labute approximate surface area is 82.1 Å². The maximum atomic E-state index is 8.06. The fourth-order valence-corrected chi connectivity index (χ4v) is 0. The molecule has 0 saturated carbocycles. The monoisotopic (exact) mass is 96.0 g/mol. The summed E-state index contributed by atoms with van der Waals surface area (Å²) < 4.78 is 8.06. The van der Waals surface area contributed by atoms with Gasteiger partial charge in [-0.3, -0.25) is 4.57 Å². The Morgan fingerprint density at radius 3 is 1.25 bits per heavy atom. The van der Waals surface area contributed by atoms with E-state index in [1.54, 1.807) is 9.12 Å². The van der Waals surface area contributed by atoms with E-state index in [4.69, 9.17) is 4.57 Å². The Morgan fingerprint density at radius 2 is 1.25 bits per heavy atom. The van der Waals surface area contributed by atoms with Gasteiger partial charge >= 0.3 is 70.2 Å². The molecule has 0 unspecified atom stereocenters. The first-order valence-electron chi connectivity index (χ1n) is 0.204. The van der Waals surface area contributed by atoms with Crippen LogP contribution in [0.3, 0.4) is 0 Å². The van der Waals surface area contributed by atoms with E-state index in [0.717, 1.165) is 0 Å². The van der Waals surface area contributed by atoms with Crippen molar-refractivity contribution < 1.29 is 4.57 Å². The van der Waals surface area contributed by atoms with E-state index in [0.29, 0.717) is 0 Å². The summed E-state index contributed by atoms with van der Waals surface area (Å²) in [6, 6.07) is 0. The molecular weight excluding hydrogens is 93.0 g/mol. The average molecular weight is 96.0 g/mol. The number of rotatable bonds is 0. The molecule has 0 radical (unpaired) electrons. The summed E-state index contributed by atoms with van der Waals surface area (Å²) in [5, 5.41) is 0. The van der Waals surface area contributed by atoms with Crippen molar-refractivity contribution >= 4 is 79.4 Å². The van der Waals surface area contributed by atoms with Crippen molar-refractivity contribution in [3.8, 4) is 0 Å². The molecule has 0 atom stereocenters. The molecule has 0 N–H and O–H groups in total. The molecular formula is H3KLiOP. The molecule has 0 heterocycles. The second-order valence-corrected chi connectivity index (χ2v) is 0. The van der Waals surface area contributed by atoms with E-state index in [1.807, 2.05) is 0 Å². The van der Waals surface area contributed by atoms with Crippen LogP contribution >= 0.6 is 9.12 Å². The van der Waals surface area contributed by atoms with E-state index in [9.17, 15) is 0 Å². The molecule has 0 aliphatic carbocycles. The summed E-state index contributed by atoms with van der Waals surface area (Å²) in [5.41, 5.74) is 0. The molecule has 0 bridgehead atoms. The maximum absolute atomic E-state index is 8.06. The Kier molecular flexibility index (Phi) is 74.6. The quantitative estimate of drug-likeness (QED) is 0.284. The van der Waals surface area contributed by atoms with Crippen LogP contribution in [0.2, 0.25) is 0 Å². The summed E-state index contributed by atoms with van der Waals surface area (Å²) in [4.78, 5) is 0. The molecule has 0 aliphatic heterocycles. The number of hydrogen-bond acceptors (Lipinski definition) is 1. The third kappa shape index (κ3) is 8.84. The summed E-state index contributed by atoms with van der Waals surface area (Å²) in [5.74, 6) is 0. The van der Waals surface area contributed by atoms with E-state index >= 15 is 0 Å². The summed E-state index contributed by atoms with van der Waals surface area (Å²) in [6.07, 6.45) is 0. The molecule has 0 aliphatic rings. The van der Waals surface area contributed by atoms with Gasteiger partial charge in [0.15, 0.2) is 0 Å². The normalized spacial score (nSPS) is 1.00. The van der Waals surface area contributed by atoms with E-state index in [-0.39, 0.29) is 70.2 Å². The van der Waals surface area contributed by atoms with Crippen LogP contribution in [0.4, 0.5) is 0 Å². The van der Waals surface area contributed by atoms with Gasteiger partial charge < -0.3 is 0 Å². The van der Waals surface area contributed by atoms with E-state index in [2.05, 4.69) is 0 Å². The van der Waals surface area contributed by atoms with Gasteiger partial charge in [0, 0.05) is 0 Å². The van der Waals surface area contributed by atoms with Crippen molar-refractivity contribution in [2.45, 2.75) is 0 Å². The fourth-order valence-electron chi connectivity index (χ4n) is 0. The van der Waals surface area contributed by atoms with Crippen LogP contribution in [0.1, 0.15) is 0 Å². The zero-order valence-electron chi connectivity index (χ0n) is 0.908. The molecule has 0 rings (SSSR count). The standard InChI is InChI=1S/K.Li.HOP.2H/c;;1-2;;/h;;2H;;. The van der Waals surface area contributed by atoms with Crippen molar-refractivity contribution in [3.05, 3.63) is 0 Å². The van der Waals surface area contributed by atoms with Gasteiger partial charge in [0.05, 0.1) is 0 Å². The molecule has 0 amide bonds. The SMILES string of the molecule is O=P.[KH].[LiH]. The Balaban J connectivity index is -0.00000000500. The predicted octanol–water partition coefficient (Wildman–Crippen LogP) is -0.822. The van der Waals surface area contributed by atoms with Crippen molar-refractivity contribution in [1.82, 2.24) is 0 Å². The van der Waals surface area contributed by atoms with Gasteiger partial charge in [-0.1, -0.05) is 0 Å². The van der Waals surface area contributed by atoms with Gasteiger partial charge in [0.25, 0.3) is 0 Å². The molecule has 0 aromatic carbocycles. The summed E-state index contributed by atoms with van der Waals surface area (Å²) >= 11 is 0. The van der Waals surface area contributed by atoms with Crippen LogP contribution < -0.4 is 0 Å². The van der Waals surface area contributed by atoms with E-state index in [1.165, 1.54) is 0 Å². The summed E-state index contributed by atoms with van der Waals surface area (Å²) in [7, 11) is 1.72. The van der Waals surface area contributed by atoms with Gasteiger partial charge in [-0.15, -0.1) is 0 Å². The average Bonchev–Trinajstić information content (AvgIpc) is 1.00. The molecule has 0 aromatic rings. The first kappa shape index (κ1) is 16.2. The van der Waals surface area contributed by atoms with Gasteiger partial charge in [0.1, 0.15) is 9.12 Å². The first-order chi connectivity index (χ1) is 1.00. The Bertz CT molecular complexity index is 8.00. The van der Waals surface area contributed by atoms with Crippen LogP contribution in [-0.4, -0.2) is 70.2 Å². The number of hydrogen-bond donors (Lipinski definition) is 0. The summed E-state index contributed by atoms with van der Waals surface area (Å²) in [6.45, 7) is 0. The molecule has 0 saturated heterocycles. The molecule has 4 heavy (non-hydrogen) atoms. The minimum absolute atomic E-state index is 0. The third-order valence-electron chi connectivity index (χ3n) is 0. The van der Waals surface area contributed by atoms with Gasteiger partial charge in [0.2, 0.25) is 0 Å². The third-order valence-corrected chi connectivity index (χ3v) is 0. The molecule has 0 spiro atoms. The van der Waals surface area contributed by atoms with Gasteiger partial charge in [-0.05, 0) is 0 Å². The first-order valence-corrected chi connectivity index (χ1v) is 0.612. The topological polar surface area (TPSA) is 17.1 Å². The zero-order chi connectivity index (χ0) is 2.00. The van der Waals surface area contributed by atoms with Crippen LogP contribution in [0.25, 0.3) is 0 Å². The van der Waals surface area contributed by atoms with Crippen molar-refractivity contribution in [2.75, 3.05) is 0 Å². The van der Waals surface area contributed by atoms with Crippen LogP contribution in [0.15, 0.2) is 0 Å². The molecule has 0 fully saturated rings. The molecule has 0 aromatic heterocycles. The molecule has 16 valence electrons. The Morgan fingerprint density at radius 1 is 1.25 bits per heavy atom. The fraction of sp³-hybridized carbons (Fsp3) is 0. The minimum atomic E-state index is 0. The zero-order valence-corrected chi connectivity index (χ0v) is 1.91. The van der Waals surface area contributed by atoms with Crippen molar-refractivity contribution in [3.63, 3.8) is 0 Å². The van der Waals surface area contributed by atoms with Gasteiger partial charge in [-0.25, -0.2) is 0 Å². The van der Waals surface area contributed by atoms with Crippen LogP contribution in [-0.2, 0) is 4.57 Å². The second kappa shape index (κ2) is 18.4. The molecule has 1 nitrogen and oxygen atoms in total. The van der Waals surface area contributed by atoms with Crippen molar-refractivity contribution in [2.24, 2.45) is 0 Å². The van der Waals surface area contributed by atoms with Crippen molar-refractivity contribution in [1.29, 1.82) is 0 Å². The predicted molar refractivity (Wildman–Crippen MR) is 23.3 cm³/mol. The Hall–Kier alpha value is 2.33. The van der Waals surface area contributed by atoms with Crippen LogP contribution in [0, 0.1) is 0 Å². The van der Waals surface area contributed by atoms with E-state index < -0.39 is 0 Å². The van der Waals surface area contributed by atoms with Gasteiger partial charge in [-0.2, -0.15) is 0 Å².